The number of nitrogens with one attached hydrogen (secondary N) is 2. The lowest BCUT2D eigenvalue weighted by atomic mass is 10.1. The lowest BCUT2D eigenvalue weighted by Crippen LogP contribution is -2.36. The highest BCUT2D eigenvalue weighted by Gasteiger charge is 2.29. The van der Waals surface area contributed by atoms with Gasteiger partial charge >= 0.3 is 0 Å². The Bertz CT molecular complexity index is 996. The van der Waals surface area contributed by atoms with Gasteiger partial charge in [-0.05, 0) is 38.1 Å². The van der Waals surface area contributed by atoms with Gasteiger partial charge in [0, 0.05) is 18.0 Å². The molecule has 2 N–H and O–H groups in total. The molecule has 3 aromatic rings. The summed E-state index contributed by atoms with van der Waals surface area (Å²) in [6.07, 6.45) is -2.13. The van der Waals surface area contributed by atoms with Crippen LogP contribution in [0.15, 0.2) is 28.1 Å². The minimum atomic E-state index is -2.89. The van der Waals surface area contributed by atoms with Gasteiger partial charge in [0.25, 0.3) is 12.3 Å². The quantitative estimate of drug-likeness (QED) is 0.650. The number of thiazole rings is 1. The molecule has 0 spiro atoms. The third-order valence-corrected chi connectivity index (χ3v) is 5.63. The van der Waals surface area contributed by atoms with E-state index in [4.69, 9.17) is 9.15 Å². The van der Waals surface area contributed by atoms with Gasteiger partial charge in [-0.3, -0.25) is 4.79 Å². The molecule has 1 saturated heterocycles. The van der Waals surface area contributed by atoms with Crippen LogP contribution in [0, 0.1) is 6.92 Å². The number of carbonyl (C=O) groups is 1. The maximum Gasteiger partial charge on any atom is 0.296 e. The molecule has 1 aliphatic rings. The summed E-state index contributed by atoms with van der Waals surface area (Å²) in [4.78, 5) is 17.9. The van der Waals surface area contributed by atoms with E-state index in [1.165, 1.54) is 11.3 Å². The summed E-state index contributed by atoms with van der Waals surface area (Å²) in [5, 5.41) is 6.26. The van der Waals surface area contributed by atoms with Crippen LogP contribution in [0.2, 0.25) is 0 Å². The number of hydrogen-bond donors (Lipinski definition) is 2. The van der Waals surface area contributed by atoms with E-state index in [0.717, 1.165) is 23.5 Å². The number of aryl methyl sites for hydroxylation is 1. The predicted octanol–water partition coefficient (Wildman–Crippen LogP) is 3.81. The molecule has 0 aliphatic carbocycles. The van der Waals surface area contributed by atoms with E-state index < -0.39 is 18.1 Å². The molecule has 1 aliphatic heterocycles. The van der Waals surface area contributed by atoms with Crippen molar-refractivity contribution < 1.29 is 22.7 Å². The second-order valence-electron chi connectivity index (χ2n) is 6.61. The molecule has 1 fully saturated rings. The molecule has 0 bridgehead atoms. The Hall–Kier alpha value is -2.52. The molecule has 6 nitrogen and oxygen atoms in total. The number of furan rings is 1. The molecule has 1 aromatic carbocycles. The molecule has 2 aromatic heterocycles. The van der Waals surface area contributed by atoms with E-state index in [0.29, 0.717) is 24.3 Å². The van der Waals surface area contributed by atoms with Crippen LogP contribution in [0.25, 0.3) is 11.0 Å². The summed E-state index contributed by atoms with van der Waals surface area (Å²) in [7, 11) is 0. The first-order valence-electron chi connectivity index (χ1n) is 8.91. The number of fused-ring (bicyclic) bond motifs is 1. The molecular formula is C19H19F2N3O3S. The van der Waals surface area contributed by atoms with Gasteiger partial charge in [-0.15, -0.1) is 11.3 Å². The minimum absolute atomic E-state index is 0.0864. The summed E-state index contributed by atoms with van der Waals surface area (Å²) in [5.74, 6) is -0.703. The summed E-state index contributed by atoms with van der Waals surface area (Å²) in [6, 6.07) is 4.67. The number of ether oxygens (including phenoxy) is 1. The normalized spacial score (nSPS) is 16.8. The van der Waals surface area contributed by atoms with Gasteiger partial charge in [-0.25, -0.2) is 13.8 Å². The Morgan fingerprint density at radius 2 is 2.36 bits per heavy atom. The third-order valence-electron chi connectivity index (χ3n) is 4.72. The van der Waals surface area contributed by atoms with Crippen molar-refractivity contribution in [2.45, 2.75) is 32.4 Å². The fourth-order valence-corrected chi connectivity index (χ4v) is 3.91. The Kier molecular flexibility index (Phi) is 5.27. The van der Waals surface area contributed by atoms with E-state index in [9.17, 15) is 13.6 Å². The number of alkyl halides is 2. The zero-order valence-corrected chi connectivity index (χ0v) is 15.9. The number of carbonyl (C=O) groups excluding carboxylic acids is 1. The highest BCUT2D eigenvalue weighted by molar-refractivity contribution is 7.09. The largest absolute Gasteiger partial charge is 0.488 e. The van der Waals surface area contributed by atoms with E-state index in [1.54, 1.807) is 23.7 Å². The monoisotopic (exact) mass is 407 g/mol. The number of aromatic nitrogens is 1. The zero-order valence-electron chi connectivity index (χ0n) is 15.1. The van der Waals surface area contributed by atoms with Gasteiger partial charge in [-0.1, -0.05) is 0 Å². The number of halogens is 2. The molecule has 0 saturated carbocycles. The topological polar surface area (TPSA) is 76.4 Å². The Labute approximate surface area is 163 Å². The van der Waals surface area contributed by atoms with Crippen molar-refractivity contribution in [3.63, 3.8) is 0 Å². The molecule has 9 heteroatoms. The van der Waals surface area contributed by atoms with Crippen molar-refractivity contribution in [2.24, 2.45) is 0 Å². The van der Waals surface area contributed by atoms with Gasteiger partial charge in [0.15, 0.2) is 5.76 Å². The molecule has 1 amide bonds. The van der Waals surface area contributed by atoms with Crippen LogP contribution in [0.5, 0.6) is 5.75 Å². The van der Waals surface area contributed by atoms with Gasteiger partial charge in [-0.2, -0.15) is 0 Å². The Morgan fingerprint density at radius 1 is 1.50 bits per heavy atom. The van der Waals surface area contributed by atoms with Crippen molar-refractivity contribution >= 4 is 28.2 Å². The molecule has 3 heterocycles. The van der Waals surface area contributed by atoms with Crippen LogP contribution in [0.1, 0.15) is 39.5 Å². The number of hydrogen-bond acceptors (Lipinski definition) is 6. The summed E-state index contributed by atoms with van der Waals surface area (Å²) in [6.45, 7) is 3.61. The second-order valence-corrected chi connectivity index (χ2v) is 7.55. The SMILES string of the molecule is Cc1ncsc1COc1ccc2oc(C(F)F)c(C(=O)N[C@H]3CCNC3)c2c1. The van der Waals surface area contributed by atoms with Crippen molar-refractivity contribution in [1.29, 1.82) is 0 Å². The van der Waals surface area contributed by atoms with Crippen molar-refractivity contribution in [2.75, 3.05) is 13.1 Å². The van der Waals surface area contributed by atoms with E-state index in [-0.39, 0.29) is 17.2 Å². The highest BCUT2D eigenvalue weighted by Crippen LogP contribution is 2.35. The summed E-state index contributed by atoms with van der Waals surface area (Å²) >= 11 is 1.48. The molecule has 0 radical (unpaired) electrons. The van der Waals surface area contributed by atoms with Crippen molar-refractivity contribution in [3.8, 4) is 5.75 Å². The molecule has 0 unspecified atom stereocenters. The number of benzene rings is 1. The minimum Gasteiger partial charge on any atom is -0.488 e. The van der Waals surface area contributed by atoms with Crippen LogP contribution in [0.3, 0.4) is 0 Å². The smallest absolute Gasteiger partial charge is 0.296 e. The molecule has 148 valence electrons. The summed E-state index contributed by atoms with van der Waals surface area (Å²) < 4.78 is 38.0. The lowest BCUT2D eigenvalue weighted by molar-refractivity contribution is 0.0911. The average Bonchev–Trinajstić information content (AvgIpc) is 3.39. The number of amides is 1. The lowest BCUT2D eigenvalue weighted by Gasteiger charge is -2.11. The van der Waals surface area contributed by atoms with Crippen LogP contribution in [-0.2, 0) is 6.61 Å². The highest BCUT2D eigenvalue weighted by atomic mass is 32.1. The second kappa shape index (κ2) is 7.84. The summed E-state index contributed by atoms with van der Waals surface area (Å²) in [5.41, 5.74) is 2.73. The van der Waals surface area contributed by atoms with Gasteiger partial charge in [0.1, 0.15) is 17.9 Å². The van der Waals surface area contributed by atoms with Crippen molar-refractivity contribution in [3.05, 3.63) is 45.6 Å². The average molecular weight is 407 g/mol. The van der Waals surface area contributed by atoms with Crippen LogP contribution in [0.4, 0.5) is 8.78 Å². The molecule has 28 heavy (non-hydrogen) atoms. The molecular weight excluding hydrogens is 388 g/mol. The maximum atomic E-state index is 13.5. The first-order chi connectivity index (χ1) is 13.5. The fourth-order valence-electron chi connectivity index (χ4n) is 3.22. The van der Waals surface area contributed by atoms with Crippen LogP contribution >= 0.6 is 11.3 Å². The first kappa shape index (κ1) is 18.8. The van der Waals surface area contributed by atoms with Crippen LogP contribution in [-0.4, -0.2) is 30.0 Å². The third kappa shape index (κ3) is 3.72. The standard InChI is InChI=1S/C19H19F2N3O3S/c1-10-15(28-9-23-10)8-26-12-2-3-14-13(6-12)16(17(27-14)18(20)21)19(25)24-11-4-5-22-7-11/h2-3,6,9,11,18,22H,4-5,7-8H2,1H3,(H,24,25)/t11-/m0/s1. The van der Waals surface area contributed by atoms with Crippen LogP contribution < -0.4 is 15.4 Å². The maximum absolute atomic E-state index is 13.5. The van der Waals surface area contributed by atoms with E-state index in [1.807, 2.05) is 6.92 Å². The number of rotatable bonds is 6. The number of nitrogens with zero attached hydrogens (tertiary/aromatic N) is 1. The van der Waals surface area contributed by atoms with Gasteiger partial charge in [0.05, 0.1) is 21.6 Å². The molecule has 1 atom stereocenters. The van der Waals surface area contributed by atoms with E-state index in [2.05, 4.69) is 15.6 Å². The van der Waals surface area contributed by atoms with E-state index >= 15 is 0 Å². The van der Waals surface area contributed by atoms with Gasteiger partial charge < -0.3 is 19.8 Å². The Morgan fingerprint density at radius 3 is 3.04 bits per heavy atom. The first-order valence-corrected chi connectivity index (χ1v) is 9.79. The van der Waals surface area contributed by atoms with Gasteiger partial charge in [0.2, 0.25) is 0 Å². The Balaban J connectivity index is 1.64. The fraction of sp³-hybridized carbons (Fsp3) is 0.368. The zero-order chi connectivity index (χ0) is 19.7. The predicted molar refractivity (Wildman–Crippen MR) is 101 cm³/mol. The van der Waals surface area contributed by atoms with Crippen molar-refractivity contribution in [1.82, 2.24) is 15.6 Å². The molecule has 4 rings (SSSR count).